The highest BCUT2D eigenvalue weighted by molar-refractivity contribution is 6.07. The SMILES string of the molecule is CC(=O)Nc1cccc(Nc2c(C(=O)N3CCCC3)cnc3nc(C)ccc23)c1.Cl. The molecule has 2 amide bonds. The largest absolute Gasteiger partial charge is 0.354 e. The summed E-state index contributed by atoms with van der Waals surface area (Å²) in [6.07, 6.45) is 3.65. The molecule has 0 aliphatic carbocycles. The fourth-order valence-corrected chi connectivity index (χ4v) is 3.58. The Morgan fingerprint density at radius 2 is 1.80 bits per heavy atom. The molecule has 3 heterocycles. The number of carbonyl (C=O) groups excluding carboxylic acids is 2. The minimum absolute atomic E-state index is 0. The predicted octanol–water partition coefficient (Wildman–Crippen LogP) is 4.30. The average molecular weight is 426 g/mol. The molecular formula is C22H24ClN5O2. The van der Waals surface area contributed by atoms with Gasteiger partial charge in [0.1, 0.15) is 0 Å². The molecule has 1 aliphatic rings. The minimum atomic E-state index is -0.138. The van der Waals surface area contributed by atoms with Crippen LogP contribution in [0.3, 0.4) is 0 Å². The first-order chi connectivity index (χ1) is 14.0. The first-order valence-corrected chi connectivity index (χ1v) is 9.71. The smallest absolute Gasteiger partial charge is 0.257 e. The maximum Gasteiger partial charge on any atom is 0.257 e. The second-order valence-corrected chi connectivity index (χ2v) is 7.26. The van der Waals surface area contributed by atoms with Crippen molar-refractivity contribution in [2.24, 2.45) is 0 Å². The van der Waals surface area contributed by atoms with Gasteiger partial charge in [0.25, 0.3) is 5.91 Å². The number of hydrogen-bond acceptors (Lipinski definition) is 5. The van der Waals surface area contributed by atoms with Crippen LogP contribution >= 0.6 is 12.4 Å². The molecule has 2 aromatic heterocycles. The van der Waals surface area contributed by atoms with Gasteiger partial charge in [-0.3, -0.25) is 9.59 Å². The van der Waals surface area contributed by atoms with Crippen molar-refractivity contribution in [1.82, 2.24) is 14.9 Å². The van der Waals surface area contributed by atoms with Gasteiger partial charge in [0.05, 0.1) is 11.3 Å². The standard InChI is InChI=1S/C22H23N5O2.ClH/c1-14-8-9-18-20(26-17-7-5-6-16(12-17)25-15(2)28)19(13-23-21(18)24-14)22(29)27-10-3-4-11-27;/h5-9,12-13H,3-4,10-11H2,1-2H3,(H,25,28)(H,23,24,26);1H. The lowest BCUT2D eigenvalue weighted by Gasteiger charge is -2.19. The van der Waals surface area contributed by atoms with Crippen molar-refractivity contribution in [3.8, 4) is 0 Å². The second-order valence-electron chi connectivity index (χ2n) is 7.26. The Kier molecular flexibility index (Phi) is 6.52. The lowest BCUT2D eigenvalue weighted by Crippen LogP contribution is -2.28. The average Bonchev–Trinajstić information content (AvgIpc) is 3.22. The van der Waals surface area contributed by atoms with Gasteiger partial charge in [0.2, 0.25) is 5.91 Å². The summed E-state index contributed by atoms with van der Waals surface area (Å²) in [5.74, 6) is -0.168. The molecule has 1 saturated heterocycles. The number of fused-ring (bicyclic) bond motifs is 1. The van der Waals surface area contributed by atoms with Crippen LogP contribution in [0.5, 0.6) is 0 Å². The number of amides is 2. The van der Waals surface area contributed by atoms with E-state index in [9.17, 15) is 9.59 Å². The van der Waals surface area contributed by atoms with Crippen LogP contribution in [0.1, 0.15) is 35.8 Å². The Bertz CT molecular complexity index is 1100. The van der Waals surface area contributed by atoms with Gasteiger partial charge >= 0.3 is 0 Å². The molecule has 1 aromatic carbocycles. The molecule has 0 saturated carbocycles. The molecule has 0 unspecified atom stereocenters. The first-order valence-electron chi connectivity index (χ1n) is 9.71. The van der Waals surface area contributed by atoms with Gasteiger partial charge in [-0.15, -0.1) is 12.4 Å². The summed E-state index contributed by atoms with van der Waals surface area (Å²) in [5, 5.41) is 6.94. The van der Waals surface area contributed by atoms with Crippen LogP contribution in [0, 0.1) is 6.92 Å². The third-order valence-corrected chi connectivity index (χ3v) is 4.94. The number of nitrogens with one attached hydrogen (secondary N) is 2. The van der Waals surface area contributed by atoms with Crippen LogP contribution < -0.4 is 10.6 Å². The van der Waals surface area contributed by atoms with Crippen molar-refractivity contribution in [2.45, 2.75) is 26.7 Å². The molecule has 0 atom stereocenters. The van der Waals surface area contributed by atoms with E-state index in [-0.39, 0.29) is 24.2 Å². The number of nitrogens with zero attached hydrogens (tertiary/aromatic N) is 3. The molecule has 30 heavy (non-hydrogen) atoms. The fourth-order valence-electron chi connectivity index (χ4n) is 3.58. The maximum atomic E-state index is 13.1. The van der Waals surface area contributed by atoms with Gasteiger partial charge in [-0.05, 0) is 50.1 Å². The van der Waals surface area contributed by atoms with E-state index in [1.54, 1.807) is 6.20 Å². The van der Waals surface area contributed by atoms with Gasteiger partial charge in [0, 0.05) is 48.7 Å². The highest BCUT2D eigenvalue weighted by atomic mass is 35.5. The summed E-state index contributed by atoms with van der Waals surface area (Å²) in [6.45, 7) is 4.91. The topological polar surface area (TPSA) is 87.2 Å². The number of anilines is 3. The van der Waals surface area contributed by atoms with Crippen LogP contribution in [-0.2, 0) is 4.79 Å². The molecule has 4 rings (SSSR count). The van der Waals surface area contributed by atoms with Gasteiger partial charge < -0.3 is 15.5 Å². The van der Waals surface area contributed by atoms with Crippen LogP contribution in [-0.4, -0.2) is 39.8 Å². The lowest BCUT2D eigenvalue weighted by atomic mass is 10.1. The number of carbonyl (C=O) groups is 2. The van der Waals surface area contributed by atoms with Crippen molar-refractivity contribution in [2.75, 3.05) is 23.7 Å². The molecule has 8 heteroatoms. The highest BCUT2D eigenvalue weighted by Gasteiger charge is 2.24. The third kappa shape index (κ3) is 4.52. The predicted molar refractivity (Wildman–Crippen MR) is 121 cm³/mol. The van der Waals surface area contributed by atoms with Gasteiger partial charge in [-0.2, -0.15) is 0 Å². The van der Waals surface area contributed by atoms with E-state index in [4.69, 9.17) is 0 Å². The second kappa shape index (κ2) is 9.09. The van der Waals surface area contributed by atoms with E-state index in [1.807, 2.05) is 48.2 Å². The van der Waals surface area contributed by atoms with Crippen molar-refractivity contribution in [3.63, 3.8) is 0 Å². The zero-order valence-electron chi connectivity index (χ0n) is 16.9. The van der Waals surface area contributed by atoms with Crippen molar-refractivity contribution < 1.29 is 9.59 Å². The number of benzene rings is 1. The number of hydrogen-bond donors (Lipinski definition) is 2. The number of aromatic nitrogens is 2. The van der Waals surface area contributed by atoms with Gasteiger partial charge in [0.15, 0.2) is 5.65 Å². The normalized spacial score (nSPS) is 13.1. The van der Waals surface area contributed by atoms with E-state index < -0.39 is 0 Å². The van der Waals surface area contributed by atoms with Gasteiger partial charge in [-0.25, -0.2) is 9.97 Å². The molecule has 1 fully saturated rings. The summed E-state index contributed by atoms with van der Waals surface area (Å²) in [5.41, 5.74) is 4.10. The summed E-state index contributed by atoms with van der Waals surface area (Å²) >= 11 is 0. The molecular weight excluding hydrogens is 402 g/mol. The number of rotatable bonds is 4. The summed E-state index contributed by atoms with van der Waals surface area (Å²) < 4.78 is 0. The number of halogens is 1. The summed E-state index contributed by atoms with van der Waals surface area (Å²) in [7, 11) is 0. The molecule has 0 radical (unpaired) electrons. The van der Waals surface area contributed by atoms with Crippen LogP contribution in [0.2, 0.25) is 0 Å². The summed E-state index contributed by atoms with van der Waals surface area (Å²) in [6, 6.07) is 11.2. The molecule has 156 valence electrons. The number of aryl methyl sites for hydroxylation is 1. The first kappa shape index (κ1) is 21.5. The van der Waals surface area contributed by atoms with Crippen LogP contribution in [0.25, 0.3) is 11.0 Å². The molecule has 3 aromatic rings. The van der Waals surface area contributed by atoms with Crippen molar-refractivity contribution >= 4 is 52.3 Å². The minimum Gasteiger partial charge on any atom is -0.354 e. The third-order valence-electron chi connectivity index (χ3n) is 4.94. The Morgan fingerprint density at radius 3 is 2.53 bits per heavy atom. The van der Waals surface area contributed by atoms with Crippen LogP contribution in [0.4, 0.5) is 17.1 Å². The number of pyridine rings is 2. The van der Waals surface area contributed by atoms with Gasteiger partial charge in [-0.1, -0.05) is 6.07 Å². The molecule has 1 aliphatic heterocycles. The molecule has 7 nitrogen and oxygen atoms in total. The Morgan fingerprint density at radius 1 is 1.07 bits per heavy atom. The maximum absolute atomic E-state index is 13.1. The van der Waals surface area contributed by atoms with E-state index in [0.717, 1.165) is 42.7 Å². The molecule has 0 bridgehead atoms. The van der Waals surface area contributed by atoms with Crippen molar-refractivity contribution in [3.05, 3.63) is 53.9 Å². The fraction of sp³-hybridized carbons (Fsp3) is 0.273. The quantitative estimate of drug-likeness (QED) is 0.650. The Labute approximate surface area is 181 Å². The zero-order chi connectivity index (χ0) is 20.4. The molecule has 2 N–H and O–H groups in total. The zero-order valence-corrected chi connectivity index (χ0v) is 17.8. The van der Waals surface area contributed by atoms with E-state index in [0.29, 0.717) is 22.6 Å². The van der Waals surface area contributed by atoms with E-state index in [2.05, 4.69) is 20.6 Å². The Balaban J connectivity index is 0.00000256. The lowest BCUT2D eigenvalue weighted by molar-refractivity contribution is -0.114. The van der Waals surface area contributed by atoms with Crippen molar-refractivity contribution in [1.29, 1.82) is 0 Å². The number of likely N-dealkylation sites (tertiary alicyclic amines) is 1. The highest BCUT2D eigenvalue weighted by Crippen LogP contribution is 2.31. The molecule has 0 spiro atoms. The van der Waals surface area contributed by atoms with E-state index in [1.165, 1.54) is 6.92 Å². The Hall–Kier alpha value is -3.19. The summed E-state index contributed by atoms with van der Waals surface area (Å²) in [4.78, 5) is 35.3. The van der Waals surface area contributed by atoms with Crippen LogP contribution in [0.15, 0.2) is 42.6 Å². The monoisotopic (exact) mass is 425 g/mol. The van der Waals surface area contributed by atoms with E-state index >= 15 is 0 Å².